The van der Waals surface area contributed by atoms with E-state index in [4.69, 9.17) is 4.74 Å². The molecule has 0 saturated heterocycles. The van der Waals surface area contributed by atoms with Crippen molar-refractivity contribution in [3.05, 3.63) is 46.5 Å². The molecule has 1 rings (SSSR count). The van der Waals surface area contributed by atoms with Crippen molar-refractivity contribution < 1.29 is 14.5 Å². The van der Waals surface area contributed by atoms with Gasteiger partial charge in [0.05, 0.1) is 4.92 Å². The van der Waals surface area contributed by atoms with Gasteiger partial charge in [0.1, 0.15) is 5.75 Å². The first-order chi connectivity index (χ1) is 9.99. The fourth-order valence-corrected chi connectivity index (χ4v) is 1.68. The van der Waals surface area contributed by atoms with Crippen molar-refractivity contribution in [2.45, 2.75) is 19.6 Å². The number of nitro groups is 1. The Labute approximate surface area is 123 Å². The molecule has 0 saturated carbocycles. The summed E-state index contributed by atoms with van der Waals surface area (Å²) in [5.74, 6) is 0.167. The maximum Gasteiger partial charge on any atom is 0.270 e. The van der Waals surface area contributed by atoms with E-state index < -0.39 is 11.0 Å². The van der Waals surface area contributed by atoms with E-state index in [0.717, 1.165) is 0 Å². The van der Waals surface area contributed by atoms with E-state index in [9.17, 15) is 14.9 Å². The van der Waals surface area contributed by atoms with Crippen molar-refractivity contribution in [1.82, 2.24) is 10.6 Å². The van der Waals surface area contributed by atoms with Gasteiger partial charge in [-0.05, 0) is 20.0 Å². The molecule has 7 heteroatoms. The van der Waals surface area contributed by atoms with Crippen LogP contribution in [0.2, 0.25) is 0 Å². The Bertz CT molecular complexity index is 531. The molecule has 7 nitrogen and oxygen atoms in total. The number of nitro benzene ring substituents is 1. The minimum Gasteiger partial charge on any atom is -0.481 e. The fourth-order valence-electron chi connectivity index (χ4n) is 1.68. The minimum absolute atomic E-state index is 0.0173. The maximum absolute atomic E-state index is 11.7. The summed E-state index contributed by atoms with van der Waals surface area (Å²) >= 11 is 0. The number of non-ortho nitro benzene ring substituents is 1. The summed E-state index contributed by atoms with van der Waals surface area (Å²) in [6, 6.07) is 4.28. The van der Waals surface area contributed by atoms with E-state index in [1.807, 2.05) is 0 Å². The summed E-state index contributed by atoms with van der Waals surface area (Å²) in [4.78, 5) is 22.1. The van der Waals surface area contributed by atoms with Crippen LogP contribution in [0.3, 0.4) is 0 Å². The lowest BCUT2D eigenvalue weighted by Gasteiger charge is -2.16. The monoisotopic (exact) mass is 293 g/mol. The summed E-state index contributed by atoms with van der Waals surface area (Å²) in [7, 11) is 1.73. The zero-order chi connectivity index (χ0) is 15.8. The highest BCUT2D eigenvalue weighted by atomic mass is 16.6. The van der Waals surface area contributed by atoms with Gasteiger partial charge in [-0.15, -0.1) is 6.58 Å². The Morgan fingerprint density at radius 2 is 2.29 bits per heavy atom. The van der Waals surface area contributed by atoms with Crippen LogP contribution in [-0.2, 0) is 11.3 Å². The van der Waals surface area contributed by atoms with Crippen LogP contribution in [0.25, 0.3) is 0 Å². The molecule has 1 atom stereocenters. The third kappa shape index (κ3) is 4.88. The van der Waals surface area contributed by atoms with Gasteiger partial charge in [-0.1, -0.05) is 6.08 Å². The van der Waals surface area contributed by atoms with Crippen LogP contribution in [0.4, 0.5) is 5.69 Å². The van der Waals surface area contributed by atoms with Gasteiger partial charge in [0.25, 0.3) is 11.6 Å². The Hall–Kier alpha value is -2.41. The van der Waals surface area contributed by atoms with Gasteiger partial charge in [-0.3, -0.25) is 14.9 Å². The lowest BCUT2D eigenvalue weighted by atomic mass is 10.1. The Balaban J connectivity index is 2.88. The molecule has 0 fully saturated rings. The highest BCUT2D eigenvalue weighted by Crippen LogP contribution is 2.25. The van der Waals surface area contributed by atoms with Crippen LogP contribution in [-0.4, -0.2) is 30.5 Å². The third-order valence-corrected chi connectivity index (χ3v) is 2.72. The SMILES string of the molecule is C=CCNC(=O)C(C)Oc1ccc([N+](=O)[O-])cc1CNC. The van der Waals surface area contributed by atoms with E-state index in [0.29, 0.717) is 24.4 Å². The molecular weight excluding hydrogens is 274 g/mol. The maximum atomic E-state index is 11.7. The van der Waals surface area contributed by atoms with Gasteiger partial charge in [-0.2, -0.15) is 0 Å². The minimum atomic E-state index is -0.706. The lowest BCUT2D eigenvalue weighted by molar-refractivity contribution is -0.384. The highest BCUT2D eigenvalue weighted by Gasteiger charge is 2.17. The predicted octanol–water partition coefficient (Wildman–Crippen LogP) is 1.38. The second kappa shape index (κ2) is 8.01. The molecule has 0 heterocycles. The van der Waals surface area contributed by atoms with Crippen molar-refractivity contribution in [3.63, 3.8) is 0 Å². The molecule has 2 N–H and O–H groups in total. The van der Waals surface area contributed by atoms with Crippen molar-refractivity contribution in [3.8, 4) is 5.75 Å². The first kappa shape index (κ1) is 16.6. The third-order valence-electron chi connectivity index (χ3n) is 2.72. The standard InChI is InChI=1S/C14H19N3O4/c1-4-7-16-14(18)10(2)21-13-6-5-12(17(19)20)8-11(13)9-15-3/h4-6,8,10,15H,1,7,9H2,2-3H3,(H,16,18). The molecule has 0 aliphatic heterocycles. The summed E-state index contributed by atoms with van der Waals surface area (Å²) in [6.07, 6.45) is 0.866. The Kier molecular flexibility index (Phi) is 6.35. The molecule has 1 unspecified atom stereocenters. The van der Waals surface area contributed by atoms with Crippen molar-refractivity contribution >= 4 is 11.6 Å². The van der Waals surface area contributed by atoms with Gasteiger partial charge in [-0.25, -0.2) is 0 Å². The lowest BCUT2D eigenvalue weighted by Crippen LogP contribution is -2.36. The van der Waals surface area contributed by atoms with Gasteiger partial charge < -0.3 is 15.4 Å². The normalized spacial score (nSPS) is 11.5. The average molecular weight is 293 g/mol. The highest BCUT2D eigenvalue weighted by molar-refractivity contribution is 5.80. The van der Waals surface area contributed by atoms with E-state index in [2.05, 4.69) is 17.2 Å². The molecule has 0 radical (unpaired) electrons. The van der Waals surface area contributed by atoms with Crippen LogP contribution in [0, 0.1) is 10.1 Å². The number of hydrogen-bond acceptors (Lipinski definition) is 5. The quantitative estimate of drug-likeness (QED) is 0.429. The van der Waals surface area contributed by atoms with E-state index >= 15 is 0 Å². The van der Waals surface area contributed by atoms with E-state index in [1.165, 1.54) is 18.2 Å². The van der Waals surface area contributed by atoms with Gasteiger partial charge >= 0.3 is 0 Å². The summed E-state index contributed by atoms with van der Waals surface area (Å²) < 4.78 is 5.58. The van der Waals surface area contributed by atoms with Crippen LogP contribution < -0.4 is 15.4 Å². The Morgan fingerprint density at radius 1 is 1.57 bits per heavy atom. The molecule has 114 valence electrons. The fraction of sp³-hybridized carbons (Fsp3) is 0.357. The van der Waals surface area contributed by atoms with Crippen molar-refractivity contribution in [1.29, 1.82) is 0 Å². The number of amides is 1. The largest absolute Gasteiger partial charge is 0.481 e. The van der Waals surface area contributed by atoms with Crippen molar-refractivity contribution in [2.24, 2.45) is 0 Å². The van der Waals surface area contributed by atoms with Gasteiger partial charge in [0.2, 0.25) is 0 Å². The number of nitrogens with one attached hydrogen (secondary N) is 2. The number of hydrogen-bond donors (Lipinski definition) is 2. The van der Waals surface area contributed by atoms with Crippen molar-refractivity contribution in [2.75, 3.05) is 13.6 Å². The summed E-state index contributed by atoms with van der Waals surface area (Å²) in [6.45, 7) is 5.89. The molecule has 0 aliphatic rings. The van der Waals surface area contributed by atoms with Gasteiger partial charge in [0, 0.05) is 30.8 Å². The number of carbonyl (C=O) groups excluding carboxylic acids is 1. The first-order valence-corrected chi connectivity index (χ1v) is 6.46. The molecule has 21 heavy (non-hydrogen) atoms. The second-order valence-corrected chi connectivity index (χ2v) is 4.37. The number of ether oxygens (including phenoxy) is 1. The smallest absolute Gasteiger partial charge is 0.270 e. The average Bonchev–Trinajstić information content (AvgIpc) is 2.46. The topological polar surface area (TPSA) is 93.5 Å². The number of rotatable bonds is 8. The zero-order valence-electron chi connectivity index (χ0n) is 12.1. The molecule has 1 amide bonds. The Morgan fingerprint density at radius 3 is 2.86 bits per heavy atom. The molecule has 0 spiro atoms. The molecule has 0 aromatic heterocycles. The van der Waals surface area contributed by atoms with E-state index in [1.54, 1.807) is 20.0 Å². The molecule has 0 aliphatic carbocycles. The summed E-state index contributed by atoms with van der Waals surface area (Å²) in [5.41, 5.74) is 0.603. The summed E-state index contributed by atoms with van der Waals surface area (Å²) in [5, 5.41) is 16.3. The molecule has 1 aromatic carbocycles. The molecule has 0 bridgehead atoms. The zero-order valence-corrected chi connectivity index (χ0v) is 12.1. The van der Waals surface area contributed by atoms with Crippen LogP contribution >= 0.6 is 0 Å². The first-order valence-electron chi connectivity index (χ1n) is 6.46. The number of carbonyl (C=O) groups is 1. The van der Waals surface area contributed by atoms with Gasteiger partial charge in [0.15, 0.2) is 6.10 Å². The van der Waals surface area contributed by atoms with Crippen LogP contribution in [0.15, 0.2) is 30.9 Å². The number of benzene rings is 1. The second-order valence-electron chi connectivity index (χ2n) is 4.37. The molecule has 1 aromatic rings. The molecular formula is C14H19N3O4. The van der Waals surface area contributed by atoms with Crippen LogP contribution in [0.5, 0.6) is 5.75 Å². The number of nitrogens with zero attached hydrogens (tertiary/aromatic N) is 1. The van der Waals surface area contributed by atoms with Crippen LogP contribution in [0.1, 0.15) is 12.5 Å². The predicted molar refractivity (Wildman–Crippen MR) is 79.2 cm³/mol. The van der Waals surface area contributed by atoms with E-state index in [-0.39, 0.29) is 11.6 Å².